The fourth-order valence-electron chi connectivity index (χ4n) is 1.61. The van der Waals surface area contributed by atoms with Gasteiger partial charge in [-0.25, -0.2) is 0 Å². The zero-order valence-electron chi connectivity index (χ0n) is 11.0. The van der Waals surface area contributed by atoms with Crippen molar-refractivity contribution in [2.45, 2.75) is 19.6 Å². The lowest BCUT2D eigenvalue weighted by molar-refractivity contribution is -0.127. The number of hydrogen-bond acceptors (Lipinski definition) is 3. The largest absolute Gasteiger partial charge is 0.481 e. The number of nitrogens with one attached hydrogen (secondary N) is 1. The van der Waals surface area contributed by atoms with Gasteiger partial charge in [0.25, 0.3) is 5.91 Å². The van der Waals surface area contributed by atoms with Gasteiger partial charge in [-0.2, -0.15) is 0 Å². The van der Waals surface area contributed by atoms with Crippen molar-refractivity contribution < 1.29 is 9.53 Å². The van der Waals surface area contributed by atoms with E-state index >= 15 is 0 Å². The summed E-state index contributed by atoms with van der Waals surface area (Å²) in [6.07, 6.45) is 2.87. The topological polar surface area (TPSA) is 51.2 Å². The van der Waals surface area contributed by atoms with Crippen LogP contribution in [0.2, 0.25) is 0 Å². The molecular formula is C15H15BrN2O2. The number of rotatable bonds is 5. The molecule has 0 spiro atoms. The van der Waals surface area contributed by atoms with Crippen molar-refractivity contribution in [3.05, 3.63) is 58.8 Å². The van der Waals surface area contributed by atoms with Gasteiger partial charge >= 0.3 is 0 Å². The lowest BCUT2D eigenvalue weighted by atomic mass is 10.2. The molecular weight excluding hydrogens is 320 g/mol. The van der Waals surface area contributed by atoms with Gasteiger partial charge in [-0.15, -0.1) is 0 Å². The zero-order chi connectivity index (χ0) is 14.4. The molecule has 1 amide bonds. The van der Waals surface area contributed by atoms with Crippen molar-refractivity contribution in [1.82, 2.24) is 10.3 Å². The second-order valence-electron chi connectivity index (χ2n) is 4.29. The third-order valence-electron chi connectivity index (χ3n) is 2.69. The Bertz CT molecular complexity index is 558. The van der Waals surface area contributed by atoms with Gasteiger partial charge in [0, 0.05) is 23.4 Å². The average molecular weight is 335 g/mol. The van der Waals surface area contributed by atoms with E-state index in [4.69, 9.17) is 4.74 Å². The molecule has 0 fully saturated rings. The van der Waals surface area contributed by atoms with Crippen LogP contribution in [0.4, 0.5) is 0 Å². The van der Waals surface area contributed by atoms with Crippen LogP contribution in [0.1, 0.15) is 12.5 Å². The van der Waals surface area contributed by atoms with Crippen LogP contribution in [0.15, 0.2) is 53.3 Å². The summed E-state index contributed by atoms with van der Waals surface area (Å²) in [7, 11) is 0. The first-order chi connectivity index (χ1) is 9.65. The summed E-state index contributed by atoms with van der Waals surface area (Å²) >= 11 is 3.35. The third-order valence-corrected chi connectivity index (χ3v) is 3.21. The number of halogens is 1. The Morgan fingerprint density at radius 1 is 1.35 bits per heavy atom. The van der Waals surface area contributed by atoms with Gasteiger partial charge in [-0.1, -0.05) is 22.0 Å². The van der Waals surface area contributed by atoms with Crippen molar-refractivity contribution in [3.8, 4) is 5.75 Å². The van der Waals surface area contributed by atoms with Crippen LogP contribution in [0.3, 0.4) is 0 Å². The number of carbonyl (C=O) groups is 1. The minimum absolute atomic E-state index is 0.156. The summed E-state index contributed by atoms with van der Waals surface area (Å²) in [4.78, 5) is 15.9. The molecule has 4 nitrogen and oxygen atoms in total. The van der Waals surface area contributed by atoms with Crippen LogP contribution in [0, 0.1) is 0 Å². The molecule has 0 aliphatic heterocycles. The summed E-state index contributed by atoms with van der Waals surface area (Å²) < 4.78 is 6.54. The highest BCUT2D eigenvalue weighted by atomic mass is 79.9. The molecule has 2 rings (SSSR count). The van der Waals surface area contributed by atoms with E-state index in [1.807, 2.05) is 36.4 Å². The molecule has 1 atom stereocenters. The molecule has 0 aliphatic rings. The Kier molecular flexibility index (Phi) is 5.12. The number of amides is 1. The van der Waals surface area contributed by atoms with Crippen LogP contribution in [-0.4, -0.2) is 17.0 Å². The summed E-state index contributed by atoms with van der Waals surface area (Å²) in [5, 5.41) is 2.82. The van der Waals surface area contributed by atoms with Crippen LogP contribution >= 0.6 is 15.9 Å². The first-order valence-electron chi connectivity index (χ1n) is 6.24. The Morgan fingerprint density at radius 2 is 2.10 bits per heavy atom. The van der Waals surface area contributed by atoms with Gasteiger partial charge in [0.15, 0.2) is 6.10 Å². The van der Waals surface area contributed by atoms with Gasteiger partial charge in [0.1, 0.15) is 5.75 Å². The molecule has 20 heavy (non-hydrogen) atoms. The number of carbonyl (C=O) groups excluding carboxylic acids is 1. The predicted octanol–water partition coefficient (Wildman–Crippen LogP) is 2.93. The zero-order valence-corrected chi connectivity index (χ0v) is 12.6. The predicted molar refractivity (Wildman–Crippen MR) is 80.3 cm³/mol. The SMILES string of the molecule is C[C@@H](Oc1ccc(Br)cc1)C(=O)NCc1cccnc1. The second-order valence-corrected chi connectivity index (χ2v) is 5.21. The Hall–Kier alpha value is -1.88. The Morgan fingerprint density at radius 3 is 2.75 bits per heavy atom. The number of nitrogens with zero attached hydrogens (tertiary/aromatic N) is 1. The lowest BCUT2D eigenvalue weighted by Crippen LogP contribution is -2.35. The minimum atomic E-state index is -0.548. The fourth-order valence-corrected chi connectivity index (χ4v) is 1.87. The van der Waals surface area contributed by atoms with Crippen LogP contribution in [0.5, 0.6) is 5.75 Å². The highest BCUT2D eigenvalue weighted by Gasteiger charge is 2.14. The second kappa shape index (κ2) is 7.05. The van der Waals surface area contributed by atoms with E-state index in [1.54, 1.807) is 19.3 Å². The number of hydrogen-bond donors (Lipinski definition) is 1. The van der Waals surface area contributed by atoms with Crippen molar-refractivity contribution in [2.75, 3.05) is 0 Å². The monoisotopic (exact) mass is 334 g/mol. The van der Waals surface area contributed by atoms with E-state index in [1.165, 1.54) is 0 Å². The molecule has 0 unspecified atom stereocenters. The van der Waals surface area contributed by atoms with Crippen molar-refractivity contribution in [2.24, 2.45) is 0 Å². The van der Waals surface area contributed by atoms with Gasteiger partial charge in [0.05, 0.1) is 0 Å². The minimum Gasteiger partial charge on any atom is -0.481 e. The molecule has 5 heteroatoms. The fraction of sp³-hybridized carbons (Fsp3) is 0.200. The van der Waals surface area contributed by atoms with Gasteiger partial charge in [-0.3, -0.25) is 9.78 Å². The molecule has 0 saturated carbocycles. The van der Waals surface area contributed by atoms with E-state index in [0.29, 0.717) is 12.3 Å². The summed E-state index contributed by atoms with van der Waals surface area (Å²) in [6.45, 7) is 2.17. The maximum absolute atomic E-state index is 11.9. The highest BCUT2D eigenvalue weighted by molar-refractivity contribution is 9.10. The quantitative estimate of drug-likeness (QED) is 0.914. The number of benzene rings is 1. The van der Waals surface area contributed by atoms with E-state index in [0.717, 1.165) is 10.0 Å². The van der Waals surface area contributed by atoms with Gasteiger partial charge in [0.2, 0.25) is 0 Å². The Labute approximate surface area is 126 Å². The first-order valence-corrected chi connectivity index (χ1v) is 7.03. The van der Waals surface area contributed by atoms with Crippen molar-refractivity contribution in [1.29, 1.82) is 0 Å². The number of aromatic nitrogens is 1. The van der Waals surface area contributed by atoms with E-state index < -0.39 is 6.10 Å². The molecule has 0 bridgehead atoms. The molecule has 1 aromatic carbocycles. The van der Waals surface area contributed by atoms with Gasteiger partial charge in [-0.05, 0) is 42.8 Å². The molecule has 0 saturated heterocycles. The van der Waals surface area contributed by atoms with Crippen molar-refractivity contribution >= 4 is 21.8 Å². The average Bonchev–Trinajstić information content (AvgIpc) is 2.48. The van der Waals surface area contributed by atoms with Gasteiger partial charge < -0.3 is 10.1 Å². The molecule has 0 aliphatic carbocycles. The first kappa shape index (κ1) is 14.5. The van der Waals surface area contributed by atoms with E-state index in [-0.39, 0.29) is 5.91 Å². The molecule has 1 N–H and O–H groups in total. The van der Waals surface area contributed by atoms with E-state index in [2.05, 4.69) is 26.2 Å². The highest BCUT2D eigenvalue weighted by Crippen LogP contribution is 2.17. The molecule has 1 heterocycles. The maximum atomic E-state index is 11.9. The third kappa shape index (κ3) is 4.35. The molecule has 0 radical (unpaired) electrons. The van der Waals surface area contributed by atoms with Crippen LogP contribution in [0.25, 0.3) is 0 Å². The summed E-state index contributed by atoms with van der Waals surface area (Å²) in [5.74, 6) is 0.508. The maximum Gasteiger partial charge on any atom is 0.261 e. The molecule has 2 aromatic rings. The Balaban J connectivity index is 1.84. The standard InChI is InChI=1S/C15H15BrN2O2/c1-11(20-14-6-4-13(16)5-7-14)15(19)18-10-12-3-2-8-17-9-12/h2-9,11H,10H2,1H3,(H,18,19)/t11-/m1/s1. The number of ether oxygens (including phenoxy) is 1. The van der Waals surface area contributed by atoms with E-state index in [9.17, 15) is 4.79 Å². The normalized spacial score (nSPS) is 11.7. The smallest absolute Gasteiger partial charge is 0.261 e. The number of pyridine rings is 1. The van der Waals surface area contributed by atoms with Crippen molar-refractivity contribution in [3.63, 3.8) is 0 Å². The lowest BCUT2D eigenvalue weighted by Gasteiger charge is -2.14. The van der Waals surface area contributed by atoms with Crippen LogP contribution < -0.4 is 10.1 Å². The molecule has 104 valence electrons. The summed E-state index contributed by atoms with van der Waals surface area (Å²) in [6, 6.07) is 11.1. The summed E-state index contributed by atoms with van der Waals surface area (Å²) in [5.41, 5.74) is 0.955. The van der Waals surface area contributed by atoms with Crippen LogP contribution in [-0.2, 0) is 11.3 Å². The molecule has 1 aromatic heterocycles.